The lowest BCUT2D eigenvalue weighted by atomic mass is 9.62. The zero-order valence-electron chi connectivity index (χ0n) is 21.4. The van der Waals surface area contributed by atoms with Crippen molar-refractivity contribution in [3.05, 3.63) is 45.7 Å². The van der Waals surface area contributed by atoms with Gasteiger partial charge in [-0.05, 0) is 63.9 Å². The van der Waals surface area contributed by atoms with Gasteiger partial charge in [-0.2, -0.15) is 0 Å². The molecular formula is C29H40N2O2S. The highest BCUT2D eigenvalue weighted by molar-refractivity contribution is 7.99. The number of nitrogens with zero attached hydrogens (tertiary/aromatic N) is 2. The maximum atomic E-state index is 14.6. The van der Waals surface area contributed by atoms with Gasteiger partial charge in [-0.25, -0.2) is 4.98 Å². The van der Waals surface area contributed by atoms with Gasteiger partial charge in [0, 0.05) is 29.4 Å². The Morgan fingerprint density at radius 3 is 2.68 bits per heavy atom. The molecule has 1 saturated heterocycles. The topological polar surface area (TPSA) is 44.1 Å². The number of rotatable bonds is 5. The Morgan fingerprint density at radius 2 is 1.94 bits per heavy atom. The summed E-state index contributed by atoms with van der Waals surface area (Å²) < 4.78 is 8.15. The first-order chi connectivity index (χ1) is 16.3. The molecule has 5 heteroatoms. The number of ether oxygens (including phenoxy) is 1. The van der Waals surface area contributed by atoms with Crippen LogP contribution in [0.4, 0.5) is 0 Å². The second-order valence-electron chi connectivity index (χ2n) is 11.8. The lowest BCUT2D eigenvalue weighted by Crippen LogP contribution is -2.45. The number of aromatic nitrogens is 2. The van der Waals surface area contributed by atoms with Crippen molar-refractivity contribution in [2.24, 2.45) is 5.92 Å². The van der Waals surface area contributed by atoms with Crippen LogP contribution in [0.5, 0.6) is 0 Å². The van der Waals surface area contributed by atoms with Crippen molar-refractivity contribution in [3.8, 4) is 11.3 Å². The number of thioether (sulfide) groups is 1. The molecule has 3 aliphatic rings. The normalized spacial score (nSPS) is 23.0. The van der Waals surface area contributed by atoms with E-state index in [-0.39, 0.29) is 22.6 Å². The summed E-state index contributed by atoms with van der Waals surface area (Å²) in [6.45, 7) is 9.53. The van der Waals surface area contributed by atoms with Gasteiger partial charge in [0.05, 0.1) is 16.9 Å². The third kappa shape index (κ3) is 4.51. The first-order valence-electron chi connectivity index (χ1n) is 13.3. The van der Waals surface area contributed by atoms with Gasteiger partial charge in [0.2, 0.25) is 0 Å². The van der Waals surface area contributed by atoms with Crippen molar-refractivity contribution < 1.29 is 4.74 Å². The highest BCUT2D eigenvalue weighted by Crippen LogP contribution is 2.49. The molecule has 1 aromatic heterocycles. The molecule has 184 valence electrons. The van der Waals surface area contributed by atoms with Crippen LogP contribution in [-0.4, -0.2) is 27.5 Å². The number of hydrogen-bond acceptors (Lipinski definition) is 4. The fraction of sp³-hybridized carbons (Fsp3) is 0.655. The molecule has 0 unspecified atom stereocenters. The largest absolute Gasteiger partial charge is 0.375 e. The first kappa shape index (κ1) is 24.1. The van der Waals surface area contributed by atoms with Gasteiger partial charge in [-0.1, -0.05) is 69.1 Å². The number of benzene rings is 1. The predicted octanol–water partition coefficient (Wildman–Crippen LogP) is 6.94. The molecule has 5 rings (SSSR count). The zero-order chi connectivity index (χ0) is 23.9. The van der Waals surface area contributed by atoms with Gasteiger partial charge in [0.15, 0.2) is 5.16 Å². The summed E-state index contributed by atoms with van der Waals surface area (Å²) in [7, 11) is 0. The summed E-state index contributed by atoms with van der Waals surface area (Å²) in [5.74, 6) is 1.63. The van der Waals surface area contributed by atoms with Crippen LogP contribution in [-0.2, 0) is 16.6 Å². The summed E-state index contributed by atoms with van der Waals surface area (Å²) in [6.07, 6.45) is 9.72. The average Bonchev–Trinajstić information content (AvgIpc) is 2.78. The molecule has 2 aliphatic carbocycles. The van der Waals surface area contributed by atoms with Crippen LogP contribution in [0.2, 0.25) is 0 Å². The summed E-state index contributed by atoms with van der Waals surface area (Å²) >= 11 is 1.78. The van der Waals surface area contributed by atoms with Gasteiger partial charge in [-0.3, -0.25) is 9.36 Å². The van der Waals surface area contributed by atoms with Crippen LogP contribution >= 0.6 is 11.8 Å². The van der Waals surface area contributed by atoms with Gasteiger partial charge >= 0.3 is 0 Å². The van der Waals surface area contributed by atoms with Crippen molar-refractivity contribution in [2.75, 3.05) is 12.4 Å². The number of hydrogen-bond donors (Lipinski definition) is 0. The predicted molar refractivity (Wildman–Crippen MR) is 141 cm³/mol. The molecule has 0 bridgehead atoms. The zero-order valence-corrected chi connectivity index (χ0v) is 22.2. The lowest BCUT2D eigenvalue weighted by molar-refractivity contribution is -0.0710. The van der Waals surface area contributed by atoms with Crippen molar-refractivity contribution in [3.63, 3.8) is 0 Å². The molecule has 1 atom stereocenters. The Morgan fingerprint density at radius 1 is 1.18 bits per heavy atom. The molecule has 0 radical (unpaired) electrons. The van der Waals surface area contributed by atoms with Crippen molar-refractivity contribution in [1.29, 1.82) is 0 Å². The van der Waals surface area contributed by atoms with Crippen LogP contribution in [0.25, 0.3) is 11.3 Å². The molecule has 2 heterocycles. The summed E-state index contributed by atoms with van der Waals surface area (Å²) in [5.41, 5.74) is 4.49. The van der Waals surface area contributed by atoms with Gasteiger partial charge in [0.1, 0.15) is 0 Å². The molecule has 34 heavy (non-hydrogen) atoms. The van der Waals surface area contributed by atoms with E-state index in [4.69, 9.17) is 9.72 Å². The second-order valence-corrected chi connectivity index (χ2v) is 12.8. The second kappa shape index (κ2) is 9.46. The van der Waals surface area contributed by atoms with E-state index >= 15 is 0 Å². The van der Waals surface area contributed by atoms with Crippen LogP contribution in [0.1, 0.15) is 96.2 Å². The van der Waals surface area contributed by atoms with Gasteiger partial charge in [0.25, 0.3) is 5.56 Å². The van der Waals surface area contributed by atoms with E-state index in [2.05, 4.69) is 56.5 Å². The lowest BCUT2D eigenvalue weighted by Gasteiger charge is -2.43. The third-order valence-electron chi connectivity index (χ3n) is 8.19. The Balaban J connectivity index is 1.70. The Hall–Kier alpha value is -1.59. The van der Waals surface area contributed by atoms with Crippen molar-refractivity contribution in [2.45, 2.75) is 108 Å². The van der Waals surface area contributed by atoms with E-state index in [9.17, 15) is 4.79 Å². The Labute approximate surface area is 208 Å². The molecule has 0 amide bonds. The minimum Gasteiger partial charge on any atom is -0.375 e. The Kier molecular flexibility index (Phi) is 6.71. The highest BCUT2D eigenvalue weighted by atomic mass is 32.2. The van der Waals surface area contributed by atoms with Gasteiger partial charge < -0.3 is 4.74 Å². The third-order valence-corrected chi connectivity index (χ3v) is 9.17. The van der Waals surface area contributed by atoms with E-state index in [1.807, 2.05) is 0 Å². The smallest absolute Gasteiger partial charge is 0.258 e. The van der Waals surface area contributed by atoms with E-state index in [1.54, 1.807) is 11.8 Å². The fourth-order valence-corrected chi connectivity index (χ4v) is 7.73. The fourth-order valence-electron chi connectivity index (χ4n) is 6.43. The summed E-state index contributed by atoms with van der Waals surface area (Å²) in [6, 6.07) is 8.83. The standard InChI is InChI=1S/C29H40N2O2S/c1-20(2)13-17-34-27-30-25-23-11-7-6-10-21(23)18-29(14-8-5-9-15-29)24(25)26(32)31(27)22-12-16-33-28(3,4)19-22/h6-7,10-11,20,22H,5,8-9,12-19H2,1-4H3/t22-/m1/s1. The quantitative estimate of drug-likeness (QED) is 0.343. The van der Waals surface area contributed by atoms with E-state index in [0.29, 0.717) is 12.5 Å². The number of fused-ring (bicyclic) bond motifs is 4. The molecular weight excluding hydrogens is 440 g/mol. The van der Waals surface area contributed by atoms with Crippen LogP contribution in [0.15, 0.2) is 34.2 Å². The average molecular weight is 481 g/mol. The monoisotopic (exact) mass is 480 g/mol. The molecule has 4 nitrogen and oxygen atoms in total. The molecule has 2 fully saturated rings. The van der Waals surface area contributed by atoms with E-state index in [1.165, 1.54) is 30.4 Å². The molecule has 0 N–H and O–H groups in total. The maximum absolute atomic E-state index is 14.6. The molecule has 1 aliphatic heterocycles. The van der Waals surface area contributed by atoms with Crippen molar-refractivity contribution in [1.82, 2.24) is 9.55 Å². The van der Waals surface area contributed by atoms with Crippen molar-refractivity contribution >= 4 is 11.8 Å². The van der Waals surface area contributed by atoms with E-state index < -0.39 is 0 Å². The minimum atomic E-state index is -0.215. The van der Waals surface area contributed by atoms with Crippen LogP contribution < -0.4 is 5.56 Å². The SMILES string of the molecule is CC(C)CCSc1nc2c(c(=O)n1[C@@H]1CCOC(C)(C)C1)C1(CCCCC1)Cc1ccccc1-2. The molecule has 1 aromatic carbocycles. The molecule has 1 saturated carbocycles. The van der Waals surface area contributed by atoms with Crippen LogP contribution in [0.3, 0.4) is 0 Å². The molecule has 1 spiro atoms. The Bertz CT molecular complexity index is 1100. The molecule has 2 aromatic rings. The summed E-state index contributed by atoms with van der Waals surface area (Å²) in [4.78, 5) is 20.0. The van der Waals surface area contributed by atoms with Crippen LogP contribution in [0, 0.1) is 5.92 Å². The minimum absolute atomic E-state index is 0.0599. The summed E-state index contributed by atoms with van der Waals surface area (Å²) in [5, 5.41) is 0.912. The van der Waals surface area contributed by atoms with E-state index in [0.717, 1.165) is 60.7 Å². The maximum Gasteiger partial charge on any atom is 0.258 e. The highest BCUT2D eigenvalue weighted by Gasteiger charge is 2.44. The first-order valence-corrected chi connectivity index (χ1v) is 14.3. The van der Waals surface area contributed by atoms with Gasteiger partial charge in [-0.15, -0.1) is 0 Å².